The van der Waals surface area contributed by atoms with Gasteiger partial charge in [-0.25, -0.2) is 0 Å². The standard InChI is InChI=1S/C8H10ClOP/c1-6-3-4-11(5-9)8(6)7(2)10/h3-4,10H,1,5H2,2H3/p-1/b8-7-. The Kier molecular flexibility index (Phi) is 2.64. The Balaban J connectivity index is 3.56. The lowest BCUT2D eigenvalue weighted by Crippen LogP contribution is -2.23. The van der Waals surface area contributed by atoms with Crippen LogP contribution in [-0.4, -0.2) is 0 Å². The average molecular weight is 188 g/mol. The van der Waals surface area contributed by atoms with Crippen molar-refractivity contribution in [1.29, 1.82) is 0 Å². The van der Waals surface area contributed by atoms with Crippen molar-refractivity contribution < 1.29 is 5.11 Å². The fraction of sp³-hybridized carbons (Fsp3) is 0.250. The van der Waals surface area contributed by atoms with Crippen molar-refractivity contribution >= 4 is 31.5 Å². The van der Waals surface area contributed by atoms with Gasteiger partial charge in [-0.3, -0.25) is 0 Å². The van der Waals surface area contributed by atoms with Crippen LogP contribution in [0.3, 0.4) is 0 Å². The maximum atomic E-state index is 11.0. The van der Waals surface area contributed by atoms with E-state index in [1.54, 1.807) is 6.92 Å². The molecule has 0 bridgehead atoms. The number of hydrogen-bond acceptors (Lipinski definition) is 1. The number of hydrogen-bond donors (Lipinski definition) is 0. The Bertz CT molecular complexity index is 349. The van der Waals surface area contributed by atoms with Gasteiger partial charge < -0.3 is 5.11 Å². The van der Waals surface area contributed by atoms with Crippen LogP contribution in [0.2, 0.25) is 0 Å². The fourth-order valence-electron chi connectivity index (χ4n) is 1.05. The predicted molar refractivity (Wildman–Crippen MR) is 48.9 cm³/mol. The van der Waals surface area contributed by atoms with Crippen LogP contribution in [-0.2, 0) is 5.62 Å². The molecule has 0 saturated carbocycles. The molecule has 0 aliphatic rings. The van der Waals surface area contributed by atoms with Crippen molar-refractivity contribution in [2.45, 2.75) is 12.5 Å². The van der Waals surface area contributed by atoms with Gasteiger partial charge >= 0.3 is 0 Å². The first-order valence-corrected chi connectivity index (χ1v) is 5.38. The summed E-state index contributed by atoms with van der Waals surface area (Å²) in [4.78, 5) is 0.829. The third kappa shape index (κ3) is 1.61. The van der Waals surface area contributed by atoms with E-state index in [0.717, 1.165) is 10.2 Å². The number of alkyl halides is 1. The van der Waals surface area contributed by atoms with Gasteiger partial charge in [-0.1, -0.05) is 19.6 Å². The van der Waals surface area contributed by atoms with Gasteiger partial charge in [0.2, 0.25) is 0 Å². The minimum atomic E-state index is -0.533. The molecule has 11 heavy (non-hydrogen) atoms. The van der Waals surface area contributed by atoms with Gasteiger partial charge in [0.05, 0.1) is 5.62 Å². The highest BCUT2D eigenvalue weighted by molar-refractivity contribution is 7.49. The minimum absolute atomic E-state index is 0.103. The summed E-state index contributed by atoms with van der Waals surface area (Å²) in [5.41, 5.74) is 0.528. The van der Waals surface area contributed by atoms with E-state index in [-0.39, 0.29) is 5.76 Å². The van der Waals surface area contributed by atoms with Crippen LogP contribution in [0.5, 0.6) is 0 Å². The third-order valence-electron chi connectivity index (χ3n) is 1.51. The van der Waals surface area contributed by atoms with Crippen LogP contribution in [0.15, 0.2) is 11.9 Å². The molecule has 0 radical (unpaired) electrons. The summed E-state index contributed by atoms with van der Waals surface area (Å²) < 4.78 is 0. The molecule has 1 rings (SSSR count). The van der Waals surface area contributed by atoms with Crippen molar-refractivity contribution in [3.05, 3.63) is 22.0 Å². The highest BCUT2D eigenvalue weighted by Gasteiger charge is 1.93. The number of halogens is 1. The largest absolute Gasteiger partial charge is 0.875 e. The lowest BCUT2D eigenvalue weighted by molar-refractivity contribution is -0.248. The van der Waals surface area contributed by atoms with E-state index in [1.807, 2.05) is 11.9 Å². The molecule has 60 valence electrons. The van der Waals surface area contributed by atoms with Crippen LogP contribution in [0.1, 0.15) is 6.92 Å². The van der Waals surface area contributed by atoms with Crippen molar-refractivity contribution in [3.63, 3.8) is 0 Å². The van der Waals surface area contributed by atoms with E-state index in [1.165, 1.54) is 0 Å². The maximum absolute atomic E-state index is 11.0. The average Bonchev–Trinajstić information content (AvgIpc) is 2.30. The van der Waals surface area contributed by atoms with Crippen molar-refractivity contribution in [2.24, 2.45) is 0 Å². The summed E-state index contributed by atoms with van der Waals surface area (Å²) in [6, 6.07) is 1.88. The van der Waals surface area contributed by atoms with Gasteiger partial charge in [-0.05, 0) is 16.0 Å². The summed E-state index contributed by atoms with van der Waals surface area (Å²) in [5.74, 6) is 2.09. The molecule has 1 aromatic heterocycles. The molecule has 1 atom stereocenters. The summed E-state index contributed by atoms with van der Waals surface area (Å²) in [5, 5.41) is 11.9. The van der Waals surface area contributed by atoms with Gasteiger partial charge in [0.1, 0.15) is 0 Å². The molecule has 0 amide bonds. The Hall–Kier alpha value is -0.390. The van der Waals surface area contributed by atoms with Crippen molar-refractivity contribution in [3.8, 4) is 0 Å². The maximum Gasteiger partial charge on any atom is 0.0613 e. The van der Waals surface area contributed by atoms with E-state index in [4.69, 9.17) is 11.6 Å². The first-order valence-electron chi connectivity index (χ1n) is 3.24. The third-order valence-corrected chi connectivity index (χ3v) is 4.22. The van der Waals surface area contributed by atoms with Crippen LogP contribution >= 0.6 is 19.1 Å². The monoisotopic (exact) mass is 187 g/mol. The van der Waals surface area contributed by atoms with E-state index >= 15 is 0 Å². The fourth-order valence-corrected chi connectivity index (χ4v) is 3.20. The predicted octanol–water partition coefficient (Wildman–Crippen LogP) is 0.768. The van der Waals surface area contributed by atoms with E-state index in [9.17, 15) is 5.11 Å². The summed E-state index contributed by atoms with van der Waals surface area (Å²) in [6.45, 7) is 5.33. The molecule has 1 aromatic rings. The molecular formula is C8H9ClOP-. The molecule has 0 saturated heterocycles. The van der Waals surface area contributed by atoms with Gasteiger partial charge in [0, 0.05) is 0 Å². The highest BCUT2D eigenvalue weighted by Crippen LogP contribution is 2.21. The second kappa shape index (κ2) is 3.34. The molecule has 1 heterocycles. The van der Waals surface area contributed by atoms with E-state index in [2.05, 4.69) is 6.58 Å². The molecule has 1 unspecified atom stereocenters. The smallest absolute Gasteiger partial charge is 0.0613 e. The first kappa shape index (κ1) is 8.70. The van der Waals surface area contributed by atoms with Crippen LogP contribution in [0, 0.1) is 0 Å². The van der Waals surface area contributed by atoms with Gasteiger partial charge in [-0.2, -0.15) is 0 Å². The van der Waals surface area contributed by atoms with Gasteiger partial charge in [-0.15, -0.1) is 24.9 Å². The second-order valence-electron chi connectivity index (χ2n) is 2.34. The molecule has 0 aliphatic carbocycles. The van der Waals surface area contributed by atoms with E-state index in [0.29, 0.717) is 5.62 Å². The summed E-state index contributed by atoms with van der Waals surface area (Å²) in [6.07, 6.45) is 0. The summed E-state index contributed by atoms with van der Waals surface area (Å²) in [7, 11) is -0.533. The molecule has 1 nitrogen and oxygen atoms in total. The Labute approximate surface area is 71.7 Å². The van der Waals surface area contributed by atoms with Gasteiger partial charge in [0.15, 0.2) is 0 Å². The SMILES string of the molecule is C=c1ccp(CCl)/c1=C(/C)[O-]. The molecule has 0 N–H and O–H groups in total. The first-order chi connectivity index (χ1) is 5.16. The highest BCUT2D eigenvalue weighted by atomic mass is 35.5. The summed E-state index contributed by atoms with van der Waals surface area (Å²) >= 11 is 5.68. The zero-order chi connectivity index (χ0) is 8.43. The lowest BCUT2D eigenvalue weighted by Gasteiger charge is -2.03. The molecule has 0 aromatic carbocycles. The lowest BCUT2D eigenvalue weighted by atomic mass is 10.4. The normalized spacial score (nSPS) is 14.9. The Morgan fingerprint density at radius 3 is 2.82 bits per heavy atom. The van der Waals surface area contributed by atoms with Gasteiger partial charge in [0.25, 0.3) is 0 Å². The molecule has 3 heteroatoms. The zero-order valence-corrected chi connectivity index (χ0v) is 7.95. The zero-order valence-electron chi connectivity index (χ0n) is 6.30. The molecule has 0 spiro atoms. The van der Waals surface area contributed by atoms with Crippen molar-refractivity contribution in [1.82, 2.24) is 0 Å². The molecular weight excluding hydrogens is 179 g/mol. The molecule has 0 fully saturated rings. The van der Waals surface area contributed by atoms with Crippen molar-refractivity contribution in [2.75, 3.05) is 0 Å². The quantitative estimate of drug-likeness (QED) is 0.596. The Morgan fingerprint density at radius 2 is 2.45 bits per heavy atom. The van der Waals surface area contributed by atoms with Crippen LogP contribution in [0.4, 0.5) is 0 Å². The molecule has 0 aliphatic heterocycles. The van der Waals surface area contributed by atoms with E-state index < -0.39 is 7.53 Å². The Morgan fingerprint density at radius 1 is 1.82 bits per heavy atom. The topological polar surface area (TPSA) is 23.1 Å². The second-order valence-corrected chi connectivity index (χ2v) is 4.98. The van der Waals surface area contributed by atoms with Crippen LogP contribution in [0.25, 0.3) is 12.3 Å². The minimum Gasteiger partial charge on any atom is -0.875 e. The van der Waals surface area contributed by atoms with Crippen LogP contribution < -0.4 is 15.3 Å². The number of rotatable bonds is 1.